The van der Waals surface area contributed by atoms with Gasteiger partial charge in [-0.1, -0.05) is 0 Å². The summed E-state index contributed by atoms with van der Waals surface area (Å²) in [6, 6.07) is 6.06. The summed E-state index contributed by atoms with van der Waals surface area (Å²) in [4.78, 5) is 34.6. The number of cyclic esters (lactones) is 1. The summed E-state index contributed by atoms with van der Waals surface area (Å²) in [6.45, 7) is 1.99. The predicted molar refractivity (Wildman–Crippen MR) is 161 cm³/mol. The van der Waals surface area contributed by atoms with Crippen LogP contribution in [0.25, 0.3) is 0 Å². The average molecular weight is 696 g/mol. The van der Waals surface area contributed by atoms with Crippen LogP contribution >= 0.6 is 7.82 Å². The van der Waals surface area contributed by atoms with E-state index in [9.17, 15) is 24.3 Å². The van der Waals surface area contributed by atoms with Gasteiger partial charge in [0, 0.05) is 11.8 Å². The Morgan fingerprint density at radius 1 is 0.938 bits per heavy atom. The van der Waals surface area contributed by atoms with Gasteiger partial charge in [0.1, 0.15) is 18.3 Å². The Kier molecular flexibility index (Phi) is 8.75. The molecule has 5 aliphatic rings. The van der Waals surface area contributed by atoms with Crippen molar-refractivity contribution >= 4 is 13.8 Å². The van der Waals surface area contributed by atoms with Gasteiger partial charge in [0.15, 0.2) is 35.6 Å². The van der Waals surface area contributed by atoms with Crippen molar-refractivity contribution in [2.45, 2.75) is 55.9 Å². The Bertz CT molecular complexity index is 1590. The minimum atomic E-state index is -4.99. The Labute approximate surface area is 275 Å². The molecule has 0 radical (unpaired) electrons. The van der Waals surface area contributed by atoms with Crippen molar-refractivity contribution in [3.8, 4) is 28.7 Å². The van der Waals surface area contributed by atoms with Crippen molar-refractivity contribution in [1.29, 1.82) is 0 Å². The first-order chi connectivity index (χ1) is 22.9. The first kappa shape index (κ1) is 33.3. The SMILES string of the molecule is COc1cc([C@@H]2c3cc4c(cc3C(OC3OC5COC(C)O[C@@H]5[C@H](O)[C@H]3N(C)C)[C@H]3COC(=O)[C@H]23)OCO4)cc(OC)c1OP(=O)(O)O. The number of benzene rings is 2. The van der Waals surface area contributed by atoms with Crippen LogP contribution in [0.4, 0.5) is 0 Å². The van der Waals surface area contributed by atoms with Crippen LogP contribution in [-0.4, -0.2) is 111 Å². The first-order valence-electron chi connectivity index (χ1n) is 15.4. The van der Waals surface area contributed by atoms with Crippen LogP contribution in [0.1, 0.15) is 35.6 Å². The van der Waals surface area contributed by atoms with Crippen LogP contribution in [0.2, 0.25) is 0 Å². The van der Waals surface area contributed by atoms with Gasteiger partial charge in [-0.15, -0.1) is 0 Å². The smallest absolute Gasteiger partial charge is 0.493 e. The van der Waals surface area contributed by atoms with Gasteiger partial charge in [-0.25, -0.2) is 4.57 Å². The minimum absolute atomic E-state index is 0.00148. The molecule has 3 saturated heterocycles. The number of nitrogens with zero attached hydrogens (tertiary/aromatic N) is 1. The Morgan fingerprint density at radius 3 is 2.23 bits per heavy atom. The summed E-state index contributed by atoms with van der Waals surface area (Å²) in [5.74, 6) is -1.83. The van der Waals surface area contributed by atoms with Gasteiger partial charge >= 0.3 is 13.8 Å². The van der Waals surface area contributed by atoms with Gasteiger partial charge in [-0.05, 0) is 62.0 Å². The van der Waals surface area contributed by atoms with Crippen LogP contribution in [0.3, 0.4) is 0 Å². The molecule has 4 unspecified atom stereocenters. The van der Waals surface area contributed by atoms with Crippen LogP contribution in [0.5, 0.6) is 28.7 Å². The number of phosphoric ester groups is 1. The zero-order chi connectivity index (χ0) is 34.1. The van der Waals surface area contributed by atoms with Crippen molar-refractivity contribution in [2.24, 2.45) is 11.8 Å². The van der Waals surface area contributed by atoms with E-state index in [2.05, 4.69) is 0 Å². The van der Waals surface area contributed by atoms with E-state index in [0.717, 1.165) is 0 Å². The van der Waals surface area contributed by atoms with Gasteiger partial charge in [-0.2, -0.15) is 0 Å². The lowest BCUT2D eigenvalue weighted by Crippen LogP contribution is -2.66. The third kappa shape index (κ3) is 5.78. The summed E-state index contributed by atoms with van der Waals surface area (Å²) in [6.07, 6.45) is -4.44. The normalized spacial score (nSPS) is 33.8. The van der Waals surface area contributed by atoms with Crippen molar-refractivity contribution in [1.82, 2.24) is 4.90 Å². The van der Waals surface area contributed by atoms with E-state index in [4.69, 9.17) is 47.2 Å². The molecule has 3 fully saturated rings. The fraction of sp³-hybridized carbons (Fsp3) is 0.581. The maximum atomic E-state index is 13.6. The summed E-state index contributed by atoms with van der Waals surface area (Å²) < 4.78 is 69.7. The molecule has 7 rings (SSSR count). The van der Waals surface area contributed by atoms with Crippen LogP contribution in [0, 0.1) is 11.8 Å². The summed E-state index contributed by atoms with van der Waals surface area (Å²) in [5.41, 5.74) is 1.86. The molecule has 2 aromatic carbocycles. The number of aliphatic hydroxyl groups excluding tert-OH is 1. The van der Waals surface area contributed by atoms with Crippen molar-refractivity contribution < 1.29 is 71.4 Å². The molecule has 17 heteroatoms. The number of likely N-dealkylation sites (N-methyl/N-ethyl adjacent to an activating group) is 1. The number of ether oxygens (including phenoxy) is 9. The Hall–Kier alpha value is -3.18. The quantitative estimate of drug-likeness (QED) is 0.267. The van der Waals surface area contributed by atoms with E-state index >= 15 is 0 Å². The number of fused-ring (bicyclic) bond motifs is 4. The van der Waals surface area contributed by atoms with Gasteiger partial charge in [0.05, 0.1) is 45.5 Å². The number of hydrogen-bond donors (Lipinski definition) is 3. The van der Waals surface area contributed by atoms with E-state index in [1.165, 1.54) is 14.2 Å². The highest BCUT2D eigenvalue weighted by Gasteiger charge is 2.56. The van der Waals surface area contributed by atoms with Gasteiger partial charge in [0.25, 0.3) is 0 Å². The van der Waals surface area contributed by atoms with E-state index in [0.29, 0.717) is 28.2 Å². The van der Waals surface area contributed by atoms with E-state index in [-0.39, 0.29) is 37.3 Å². The van der Waals surface area contributed by atoms with Crippen molar-refractivity contribution in [3.63, 3.8) is 0 Å². The fourth-order valence-corrected chi connectivity index (χ4v) is 7.90. The average Bonchev–Trinajstić information content (AvgIpc) is 3.66. The number of esters is 1. The van der Waals surface area contributed by atoms with E-state index in [1.54, 1.807) is 25.1 Å². The first-order valence-corrected chi connectivity index (χ1v) is 16.9. The summed E-state index contributed by atoms with van der Waals surface area (Å²) in [7, 11) is 1.27. The molecular formula is C31H38NO15P. The molecular weight excluding hydrogens is 657 g/mol. The number of aliphatic hydroxyl groups is 1. The molecule has 4 heterocycles. The summed E-state index contributed by atoms with van der Waals surface area (Å²) in [5, 5.41) is 11.5. The molecule has 4 aliphatic heterocycles. The Morgan fingerprint density at radius 2 is 1.60 bits per heavy atom. The predicted octanol–water partition coefficient (Wildman–Crippen LogP) is 1.67. The maximum Gasteiger partial charge on any atom is 0.525 e. The highest BCUT2D eigenvalue weighted by atomic mass is 31.2. The molecule has 0 bridgehead atoms. The van der Waals surface area contributed by atoms with Gasteiger partial charge < -0.3 is 52.3 Å². The largest absolute Gasteiger partial charge is 0.525 e. The molecule has 48 heavy (non-hydrogen) atoms. The highest BCUT2D eigenvalue weighted by Crippen LogP contribution is 2.58. The zero-order valence-corrected chi connectivity index (χ0v) is 27.7. The van der Waals surface area contributed by atoms with Crippen molar-refractivity contribution in [3.05, 3.63) is 41.0 Å². The molecule has 262 valence electrons. The van der Waals surface area contributed by atoms with E-state index < -0.39 is 74.6 Å². The number of methoxy groups -OCH3 is 2. The van der Waals surface area contributed by atoms with Gasteiger partial charge in [0.2, 0.25) is 12.5 Å². The third-order valence-electron chi connectivity index (χ3n) is 9.53. The molecule has 0 spiro atoms. The topological polar surface area (TPSA) is 190 Å². The van der Waals surface area contributed by atoms with Crippen LogP contribution in [-0.2, 0) is 33.0 Å². The molecule has 3 N–H and O–H groups in total. The Balaban J connectivity index is 1.34. The minimum Gasteiger partial charge on any atom is -0.493 e. The number of rotatable bonds is 8. The molecule has 10 atom stereocenters. The van der Waals surface area contributed by atoms with Crippen molar-refractivity contribution in [2.75, 3.05) is 48.3 Å². The lowest BCUT2D eigenvalue weighted by atomic mass is 9.66. The molecule has 16 nitrogen and oxygen atoms in total. The molecule has 0 aromatic heterocycles. The second-order valence-electron chi connectivity index (χ2n) is 12.5. The standard InChI is InChI=1S/C31H38NO15P/c1-13-40-11-22-29(44-13)26(33)25(32(2)3)31(45-22)46-27-16-9-19-18(42-12-43-19)8-15(16)23(24-17(27)10-41-30(24)34)14-6-20(38-4)28(21(7-14)39-5)47-48(35,36)37/h6-9,13,17,22-27,29,31,33H,10-12H2,1-5H3,(H2,35,36,37)/t13?,17-,22?,23+,24-,25+,26+,27?,29-,31?/m0/s1. The highest BCUT2D eigenvalue weighted by molar-refractivity contribution is 7.46. The lowest BCUT2D eigenvalue weighted by Gasteiger charge is -2.50. The van der Waals surface area contributed by atoms with Crippen LogP contribution in [0.15, 0.2) is 24.3 Å². The molecule has 2 aromatic rings. The zero-order valence-electron chi connectivity index (χ0n) is 26.8. The second kappa shape index (κ2) is 12.6. The summed E-state index contributed by atoms with van der Waals surface area (Å²) >= 11 is 0. The molecule has 0 amide bonds. The van der Waals surface area contributed by atoms with Crippen LogP contribution < -0.4 is 23.5 Å². The number of carbonyl (C=O) groups excluding carboxylic acids is 1. The van der Waals surface area contributed by atoms with E-state index in [1.807, 2.05) is 25.1 Å². The second-order valence-corrected chi connectivity index (χ2v) is 13.7. The third-order valence-corrected chi connectivity index (χ3v) is 9.95. The number of phosphoric acid groups is 1. The number of carbonyl (C=O) groups is 1. The molecule has 0 saturated carbocycles. The van der Waals surface area contributed by atoms with Gasteiger partial charge in [-0.3, -0.25) is 19.5 Å². The lowest BCUT2D eigenvalue weighted by molar-refractivity contribution is -0.354. The molecule has 1 aliphatic carbocycles. The number of hydrogen-bond acceptors (Lipinski definition) is 14. The maximum absolute atomic E-state index is 13.6. The fourth-order valence-electron chi connectivity index (χ4n) is 7.48. The monoisotopic (exact) mass is 695 g/mol.